The Balaban J connectivity index is 1.39. The molecule has 9 heteroatoms. The van der Waals surface area contributed by atoms with Crippen molar-refractivity contribution in [2.75, 3.05) is 31.6 Å². The summed E-state index contributed by atoms with van der Waals surface area (Å²) in [6, 6.07) is 0. The van der Waals surface area contributed by atoms with Gasteiger partial charge in [-0.2, -0.15) is 0 Å². The van der Waals surface area contributed by atoms with Crippen molar-refractivity contribution in [1.82, 2.24) is 15.1 Å². The first-order valence-corrected chi connectivity index (χ1v) is 9.60. The molecule has 0 aliphatic carbocycles. The number of rotatable bonds is 6. The predicted octanol–water partition coefficient (Wildman–Crippen LogP) is 1.57. The van der Waals surface area contributed by atoms with Gasteiger partial charge in [0.2, 0.25) is 16.9 Å². The average molecular weight is 368 g/mol. The van der Waals surface area contributed by atoms with E-state index in [-0.39, 0.29) is 24.7 Å². The van der Waals surface area contributed by atoms with Crippen LogP contribution in [0.4, 0.5) is 5.13 Å². The SMILES string of the molecule is CCCc1nnc(NC(=O)CCC(=O)N2CCC3(CC2)OCCO3)s1. The molecule has 3 rings (SSSR count). The van der Waals surface area contributed by atoms with Gasteiger partial charge in [-0.1, -0.05) is 18.3 Å². The van der Waals surface area contributed by atoms with E-state index in [4.69, 9.17) is 9.47 Å². The summed E-state index contributed by atoms with van der Waals surface area (Å²) in [7, 11) is 0. The van der Waals surface area contributed by atoms with Gasteiger partial charge in [-0.3, -0.25) is 9.59 Å². The van der Waals surface area contributed by atoms with Crippen LogP contribution in [0, 0.1) is 0 Å². The standard InChI is InChI=1S/C16H24N4O4S/c1-2-3-13-18-19-15(25-13)17-12(21)4-5-14(22)20-8-6-16(7-9-20)23-10-11-24-16/h2-11H2,1H3,(H,17,19,21). The van der Waals surface area contributed by atoms with Crippen molar-refractivity contribution in [2.45, 2.75) is 51.2 Å². The Morgan fingerprint density at radius 1 is 1.20 bits per heavy atom. The van der Waals surface area contributed by atoms with Gasteiger partial charge in [-0.25, -0.2) is 0 Å². The van der Waals surface area contributed by atoms with Crippen LogP contribution < -0.4 is 5.32 Å². The van der Waals surface area contributed by atoms with Gasteiger partial charge in [0.1, 0.15) is 5.01 Å². The van der Waals surface area contributed by atoms with Crippen LogP contribution in [0.3, 0.4) is 0 Å². The third-order valence-electron chi connectivity index (χ3n) is 4.43. The molecular weight excluding hydrogens is 344 g/mol. The number of nitrogens with one attached hydrogen (secondary N) is 1. The van der Waals surface area contributed by atoms with Crippen molar-refractivity contribution in [3.05, 3.63) is 5.01 Å². The Labute approximate surface area is 150 Å². The van der Waals surface area contributed by atoms with Gasteiger partial charge in [0.25, 0.3) is 0 Å². The number of likely N-dealkylation sites (tertiary alicyclic amines) is 1. The molecular formula is C16H24N4O4S. The van der Waals surface area contributed by atoms with Crippen molar-refractivity contribution >= 4 is 28.3 Å². The fourth-order valence-corrected chi connectivity index (χ4v) is 3.92. The van der Waals surface area contributed by atoms with Crippen molar-refractivity contribution < 1.29 is 19.1 Å². The van der Waals surface area contributed by atoms with Gasteiger partial charge < -0.3 is 19.7 Å². The molecule has 1 spiro atoms. The molecule has 2 aliphatic rings. The predicted molar refractivity (Wildman–Crippen MR) is 92.2 cm³/mol. The van der Waals surface area contributed by atoms with Gasteiger partial charge in [0, 0.05) is 45.2 Å². The monoisotopic (exact) mass is 368 g/mol. The highest BCUT2D eigenvalue weighted by molar-refractivity contribution is 7.15. The molecule has 8 nitrogen and oxygen atoms in total. The molecule has 138 valence electrons. The highest BCUT2D eigenvalue weighted by atomic mass is 32.1. The van der Waals surface area contributed by atoms with Crippen LogP contribution in [-0.2, 0) is 25.5 Å². The zero-order valence-electron chi connectivity index (χ0n) is 14.5. The number of hydrogen-bond acceptors (Lipinski definition) is 7. The molecule has 0 saturated carbocycles. The summed E-state index contributed by atoms with van der Waals surface area (Å²) in [6.07, 6.45) is 3.57. The van der Waals surface area contributed by atoms with Crippen LogP contribution in [0.2, 0.25) is 0 Å². The minimum Gasteiger partial charge on any atom is -0.347 e. The lowest BCUT2D eigenvalue weighted by atomic mass is 10.0. The zero-order valence-corrected chi connectivity index (χ0v) is 15.3. The van der Waals surface area contributed by atoms with Gasteiger partial charge in [-0.15, -0.1) is 10.2 Å². The number of ether oxygens (including phenoxy) is 2. The Kier molecular flexibility index (Phi) is 5.98. The van der Waals surface area contributed by atoms with Crippen molar-refractivity contribution in [3.63, 3.8) is 0 Å². The molecule has 0 unspecified atom stereocenters. The number of piperidine rings is 1. The van der Waals surface area contributed by atoms with Crippen molar-refractivity contribution in [2.24, 2.45) is 0 Å². The summed E-state index contributed by atoms with van der Waals surface area (Å²) in [5.74, 6) is -0.697. The van der Waals surface area contributed by atoms with Crippen LogP contribution >= 0.6 is 11.3 Å². The summed E-state index contributed by atoms with van der Waals surface area (Å²) in [5.41, 5.74) is 0. The summed E-state index contributed by atoms with van der Waals surface area (Å²) >= 11 is 1.38. The van der Waals surface area contributed by atoms with E-state index in [1.165, 1.54) is 11.3 Å². The Bertz CT molecular complexity index is 605. The summed E-state index contributed by atoms with van der Waals surface area (Å²) in [5, 5.41) is 12.1. The van der Waals surface area contributed by atoms with E-state index in [0.29, 0.717) is 44.3 Å². The lowest BCUT2D eigenvalue weighted by Gasteiger charge is -2.37. The molecule has 1 aromatic heterocycles. The molecule has 3 heterocycles. The van der Waals surface area contributed by atoms with E-state index in [0.717, 1.165) is 17.8 Å². The number of carbonyl (C=O) groups is 2. The molecule has 0 bridgehead atoms. The lowest BCUT2D eigenvalue weighted by Crippen LogP contribution is -2.47. The van der Waals surface area contributed by atoms with E-state index in [1.807, 2.05) is 0 Å². The Hall–Kier alpha value is -1.58. The minimum absolute atomic E-state index is 0.00747. The molecule has 2 saturated heterocycles. The smallest absolute Gasteiger partial charge is 0.226 e. The van der Waals surface area contributed by atoms with Gasteiger partial charge in [0.05, 0.1) is 13.2 Å². The fraction of sp³-hybridized carbons (Fsp3) is 0.750. The first-order valence-electron chi connectivity index (χ1n) is 8.78. The van der Waals surface area contributed by atoms with Gasteiger partial charge in [0.15, 0.2) is 5.79 Å². The number of aryl methyl sites for hydroxylation is 1. The van der Waals surface area contributed by atoms with E-state index >= 15 is 0 Å². The molecule has 1 N–H and O–H groups in total. The highest BCUT2D eigenvalue weighted by Crippen LogP contribution is 2.31. The van der Waals surface area contributed by atoms with Crippen LogP contribution in [0.1, 0.15) is 44.0 Å². The number of carbonyl (C=O) groups excluding carboxylic acids is 2. The lowest BCUT2D eigenvalue weighted by molar-refractivity contribution is -0.187. The molecule has 0 atom stereocenters. The third-order valence-corrected chi connectivity index (χ3v) is 5.33. The second kappa shape index (κ2) is 8.20. The maximum absolute atomic E-state index is 12.3. The van der Waals surface area contributed by atoms with Crippen LogP contribution in [0.15, 0.2) is 0 Å². The fourth-order valence-electron chi connectivity index (χ4n) is 3.06. The zero-order chi connectivity index (χ0) is 17.7. The van der Waals surface area contributed by atoms with Crippen LogP contribution in [0.5, 0.6) is 0 Å². The second-order valence-electron chi connectivity index (χ2n) is 6.29. The van der Waals surface area contributed by atoms with Crippen LogP contribution in [-0.4, -0.2) is 59.0 Å². The van der Waals surface area contributed by atoms with E-state index in [2.05, 4.69) is 22.4 Å². The minimum atomic E-state index is -0.484. The normalized spacial score (nSPS) is 19.3. The molecule has 2 amide bonds. The molecule has 1 aromatic rings. The van der Waals surface area contributed by atoms with Gasteiger partial charge >= 0.3 is 0 Å². The largest absolute Gasteiger partial charge is 0.347 e. The first-order chi connectivity index (χ1) is 12.1. The Morgan fingerprint density at radius 2 is 1.92 bits per heavy atom. The average Bonchev–Trinajstić information content (AvgIpc) is 3.24. The maximum Gasteiger partial charge on any atom is 0.226 e. The number of aromatic nitrogens is 2. The molecule has 2 fully saturated rings. The van der Waals surface area contributed by atoms with E-state index in [1.54, 1.807) is 4.90 Å². The molecule has 0 aromatic carbocycles. The number of anilines is 1. The van der Waals surface area contributed by atoms with E-state index in [9.17, 15) is 9.59 Å². The van der Waals surface area contributed by atoms with Crippen molar-refractivity contribution in [3.8, 4) is 0 Å². The van der Waals surface area contributed by atoms with Crippen molar-refractivity contribution in [1.29, 1.82) is 0 Å². The number of hydrogen-bond donors (Lipinski definition) is 1. The van der Waals surface area contributed by atoms with Gasteiger partial charge in [-0.05, 0) is 6.42 Å². The maximum atomic E-state index is 12.3. The third kappa shape index (κ3) is 4.74. The number of nitrogens with zero attached hydrogens (tertiary/aromatic N) is 3. The molecule has 2 aliphatic heterocycles. The van der Waals surface area contributed by atoms with Crippen LogP contribution in [0.25, 0.3) is 0 Å². The Morgan fingerprint density at radius 3 is 2.60 bits per heavy atom. The summed E-state index contributed by atoms with van der Waals surface area (Å²) < 4.78 is 11.3. The summed E-state index contributed by atoms with van der Waals surface area (Å²) in [6.45, 7) is 4.53. The van der Waals surface area contributed by atoms with E-state index < -0.39 is 5.79 Å². The number of amides is 2. The quantitative estimate of drug-likeness (QED) is 0.819. The first kappa shape index (κ1) is 18.2. The second-order valence-corrected chi connectivity index (χ2v) is 7.35. The summed E-state index contributed by atoms with van der Waals surface area (Å²) in [4.78, 5) is 26.1. The highest BCUT2D eigenvalue weighted by Gasteiger charge is 2.40. The molecule has 25 heavy (non-hydrogen) atoms. The topological polar surface area (TPSA) is 93.7 Å². The molecule has 0 radical (unpaired) electrons.